The first-order chi connectivity index (χ1) is 9.84. The molecule has 0 aliphatic heterocycles. The van der Waals surface area contributed by atoms with E-state index in [0.717, 1.165) is 19.3 Å². The molecule has 0 saturated heterocycles. The average Bonchev–Trinajstić information content (AvgIpc) is 2.76. The molecule has 118 valence electrons. The standard InChI is InChI=1S/C16H26N2O2S/c1-4-11-17-21(19,20)15-8-6-5-7-14(15)18-13-9-10-16(2,3)12-13/h5-8,13,17-18H,4,9-12H2,1-3H3. The van der Waals surface area contributed by atoms with Crippen molar-refractivity contribution in [2.45, 2.75) is 57.4 Å². The lowest BCUT2D eigenvalue weighted by Gasteiger charge is -2.20. The Morgan fingerprint density at radius 3 is 2.62 bits per heavy atom. The summed E-state index contributed by atoms with van der Waals surface area (Å²) in [6, 6.07) is 7.51. The van der Waals surface area contributed by atoms with E-state index in [2.05, 4.69) is 23.9 Å². The van der Waals surface area contributed by atoms with Crippen molar-refractivity contribution >= 4 is 15.7 Å². The summed E-state index contributed by atoms with van der Waals surface area (Å²) in [6.45, 7) is 6.95. The highest BCUT2D eigenvalue weighted by Crippen LogP contribution is 2.38. The Labute approximate surface area is 128 Å². The second kappa shape index (κ2) is 6.36. The van der Waals surface area contributed by atoms with Gasteiger partial charge in [0.25, 0.3) is 0 Å². The van der Waals surface area contributed by atoms with Gasteiger partial charge in [0.1, 0.15) is 4.90 Å². The van der Waals surface area contributed by atoms with Crippen LogP contribution in [0.25, 0.3) is 0 Å². The zero-order valence-electron chi connectivity index (χ0n) is 13.1. The van der Waals surface area contributed by atoms with Crippen molar-refractivity contribution in [2.24, 2.45) is 5.41 Å². The van der Waals surface area contributed by atoms with E-state index >= 15 is 0 Å². The molecule has 2 N–H and O–H groups in total. The summed E-state index contributed by atoms with van der Waals surface area (Å²) < 4.78 is 27.4. The third-order valence-electron chi connectivity index (χ3n) is 4.05. The summed E-state index contributed by atoms with van der Waals surface area (Å²) in [7, 11) is -3.44. The third-order valence-corrected chi connectivity index (χ3v) is 5.57. The van der Waals surface area contributed by atoms with Gasteiger partial charge in [0.15, 0.2) is 0 Å². The minimum absolute atomic E-state index is 0.339. The van der Waals surface area contributed by atoms with Crippen LogP contribution in [0.1, 0.15) is 46.5 Å². The topological polar surface area (TPSA) is 58.2 Å². The fourth-order valence-corrected chi connectivity index (χ4v) is 4.22. The van der Waals surface area contributed by atoms with E-state index < -0.39 is 10.0 Å². The monoisotopic (exact) mass is 310 g/mol. The quantitative estimate of drug-likeness (QED) is 0.847. The van der Waals surface area contributed by atoms with Crippen molar-refractivity contribution in [3.8, 4) is 0 Å². The first-order valence-electron chi connectivity index (χ1n) is 7.69. The summed E-state index contributed by atoms with van der Waals surface area (Å²) in [6.07, 6.45) is 4.12. The molecule has 1 atom stereocenters. The molecule has 0 spiro atoms. The molecule has 1 aromatic carbocycles. The highest BCUT2D eigenvalue weighted by molar-refractivity contribution is 7.89. The van der Waals surface area contributed by atoms with Crippen molar-refractivity contribution in [3.63, 3.8) is 0 Å². The fourth-order valence-electron chi connectivity index (χ4n) is 2.91. The SMILES string of the molecule is CCCNS(=O)(=O)c1ccccc1NC1CCC(C)(C)C1. The van der Waals surface area contributed by atoms with Crippen molar-refractivity contribution in [2.75, 3.05) is 11.9 Å². The molecule has 2 rings (SSSR count). The van der Waals surface area contributed by atoms with Crippen LogP contribution in [0.4, 0.5) is 5.69 Å². The molecule has 1 aliphatic carbocycles. The zero-order chi connectivity index (χ0) is 15.5. The van der Waals surface area contributed by atoms with Gasteiger partial charge in [-0.15, -0.1) is 0 Å². The van der Waals surface area contributed by atoms with E-state index in [9.17, 15) is 8.42 Å². The molecule has 5 heteroatoms. The molecule has 1 fully saturated rings. The molecule has 0 heterocycles. The minimum Gasteiger partial charge on any atom is -0.381 e. The molecule has 1 aromatic rings. The van der Waals surface area contributed by atoms with Crippen LogP contribution in [0.15, 0.2) is 29.2 Å². The number of para-hydroxylation sites is 1. The van der Waals surface area contributed by atoms with E-state index in [-0.39, 0.29) is 0 Å². The minimum atomic E-state index is -3.44. The maximum Gasteiger partial charge on any atom is 0.242 e. The smallest absolute Gasteiger partial charge is 0.242 e. The highest BCUT2D eigenvalue weighted by Gasteiger charge is 2.31. The summed E-state index contributed by atoms with van der Waals surface area (Å²) in [5.41, 5.74) is 1.05. The Kier molecular flexibility index (Phi) is 4.94. The van der Waals surface area contributed by atoms with Crippen LogP contribution in [0.3, 0.4) is 0 Å². The molecule has 1 unspecified atom stereocenters. The van der Waals surface area contributed by atoms with Crippen LogP contribution in [0.5, 0.6) is 0 Å². The maximum atomic E-state index is 12.4. The molecule has 0 amide bonds. The van der Waals surface area contributed by atoms with Crippen LogP contribution in [-0.2, 0) is 10.0 Å². The normalized spacial score (nSPS) is 21.4. The van der Waals surface area contributed by atoms with Crippen LogP contribution in [0.2, 0.25) is 0 Å². The van der Waals surface area contributed by atoms with Crippen molar-refractivity contribution < 1.29 is 8.42 Å². The Morgan fingerprint density at radius 2 is 2.00 bits per heavy atom. The van der Waals surface area contributed by atoms with E-state index in [1.54, 1.807) is 12.1 Å². The summed E-state index contributed by atoms with van der Waals surface area (Å²) in [5.74, 6) is 0. The fraction of sp³-hybridized carbons (Fsp3) is 0.625. The molecule has 1 aliphatic rings. The number of rotatable bonds is 6. The number of hydrogen-bond acceptors (Lipinski definition) is 3. The maximum absolute atomic E-state index is 12.4. The molecule has 0 bridgehead atoms. The average molecular weight is 310 g/mol. The molecule has 4 nitrogen and oxygen atoms in total. The lowest BCUT2D eigenvalue weighted by atomic mass is 9.92. The van der Waals surface area contributed by atoms with Gasteiger partial charge in [-0.25, -0.2) is 13.1 Å². The lowest BCUT2D eigenvalue weighted by Crippen LogP contribution is -2.26. The molecular weight excluding hydrogens is 284 g/mol. The summed E-state index contributed by atoms with van der Waals surface area (Å²) in [5, 5.41) is 3.43. The largest absolute Gasteiger partial charge is 0.381 e. The molecule has 0 aromatic heterocycles. The van der Waals surface area contributed by atoms with E-state index in [1.807, 2.05) is 19.1 Å². The van der Waals surface area contributed by atoms with Crippen molar-refractivity contribution in [1.29, 1.82) is 0 Å². The molecular formula is C16H26N2O2S. The Bertz CT molecular complexity index is 582. The number of sulfonamides is 1. The van der Waals surface area contributed by atoms with Gasteiger partial charge >= 0.3 is 0 Å². The number of benzene rings is 1. The molecule has 1 saturated carbocycles. The second-order valence-electron chi connectivity index (χ2n) is 6.64. The summed E-state index contributed by atoms with van der Waals surface area (Å²) in [4.78, 5) is 0.350. The first kappa shape index (κ1) is 16.3. The predicted molar refractivity (Wildman–Crippen MR) is 87.0 cm³/mol. The molecule has 0 radical (unpaired) electrons. The molecule has 21 heavy (non-hydrogen) atoms. The van der Waals surface area contributed by atoms with Gasteiger partial charge < -0.3 is 5.32 Å². The zero-order valence-corrected chi connectivity index (χ0v) is 14.0. The first-order valence-corrected chi connectivity index (χ1v) is 9.18. The van der Waals surface area contributed by atoms with Gasteiger partial charge in [-0.05, 0) is 43.2 Å². The number of nitrogens with one attached hydrogen (secondary N) is 2. The highest BCUT2D eigenvalue weighted by atomic mass is 32.2. The van der Waals surface area contributed by atoms with Crippen LogP contribution in [0, 0.1) is 5.41 Å². The Morgan fingerprint density at radius 1 is 1.29 bits per heavy atom. The van der Waals surface area contributed by atoms with E-state index in [1.165, 1.54) is 6.42 Å². The van der Waals surface area contributed by atoms with Gasteiger partial charge in [0, 0.05) is 12.6 Å². The van der Waals surface area contributed by atoms with Gasteiger partial charge in [-0.2, -0.15) is 0 Å². The van der Waals surface area contributed by atoms with Gasteiger partial charge in [-0.1, -0.05) is 32.9 Å². The van der Waals surface area contributed by atoms with Gasteiger partial charge in [-0.3, -0.25) is 0 Å². The predicted octanol–water partition coefficient (Wildman–Crippen LogP) is 3.37. The second-order valence-corrected chi connectivity index (χ2v) is 8.38. The van der Waals surface area contributed by atoms with E-state index in [0.29, 0.717) is 28.6 Å². The summed E-state index contributed by atoms with van der Waals surface area (Å²) >= 11 is 0. The van der Waals surface area contributed by atoms with Gasteiger partial charge in [0.2, 0.25) is 10.0 Å². The number of anilines is 1. The van der Waals surface area contributed by atoms with Crippen LogP contribution < -0.4 is 10.0 Å². The third kappa shape index (κ3) is 4.20. The van der Waals surface area contributed by atoms with Crippen molar-refractivity contribution in [1.82, 2.24) is 4.72 Å². The van der Waals surface area contributed by atoms with E-state index in [4.69, 9.17) is 0 Å². The van der Waals surface area contributed by atoms with Gasteiger partial charge in [0.05, 0.1) is 5.69 Å². The van der Waals surface area contributed by atoms with Crippen molar-refractivity contribution in [3.05, 3.63) is 24.3 Å². The Balaban J connectivity index is 2.18. The Hall–Kier alpha value is -1.07. The number of hydrogen-bond donors (Lipinski definition) is 2. The lowest BCUT2D eigenvalue weighted by molar-refractivity contribution is 0.378. The van der Waals surface area contributed by atoms with Crippen LogP contribution >= 0.6 is 0 Å². The van der Waals surface area contributed by atoms with Crippen LogP contribution in [-0.4, -0.2) is 21.0 Å².